The highest BCUT2D eigenvalue weighted by atomic mass is 16.5. The van der Waals surface area contributed by atoms with Gasteiger partial charge in [0.15, 0.2) is 0 Å². The molecule has 2 fully saturated rings. The van der Waals surface area contributed by atoms with E-state index in [9.17, 15) is 9.90 Å². The Kier molecular flexibility index (Phi) is 6.71. The second-order valence-corrected chi connectivity index (χ2v) is 11.7. The molecule has 1 saturated heterocycles. The van der Waals surface area contributed by atoms with Crippen LogP contribution in [0.25, 0.3) is 0 Å². The maximum atomic E-state index is 12.2. The minimum absolute atomic E-state index is 0.146. The molecule has 2 N–H and O–H groups in total. The van der Waals surface area contributed by atoms with E-state index >= 15 is 0 Å². The molecule has 212 valence electrons. The Hall–Kier alpha value is -4.00. The maximum Gasteiger partial charge on any atom is 0.305 e. The zero-order valence-corrected chi connectivity index (χ0v) is 25.0. The molecular formula is C34H38N4O3. The highest BCUT2D eigenvalue weighted by molar-refractivity contribution is 6.20. The number of ether oxygens (including phenoxy) is 1. The van der Waals surface area contributed by atoms with Gasteiger partial charge in [0.05, 0.1) is 47.1 Å². The summed E-state index contributed by atoms with van der Waals surface area (Å²) in [5.41, 5.74) is 15.3. The number of aliphatic hydroxyl groups excluding tert-OH is 1. The van der Waals surface area contributed by atoms with Crippen molar-refractivity contribution in [3.63, 3.8) is 0 Å². The molecule has 0 aromatic carbocycles. The van der Waals surface area contributed by atoms with Crippen molar-refractivity contribution >= 4 is 23.1 Å². The van der Waals surface area contributed by atoms with Crippen LogP contribution in [0.5, 0.6) is 0 Å². The van der Waals surface area contributed by atoms with E-state index in [0.717, 1.165) is 75.9 Å². The van der Waals surface area contributed by atoms with E-state index in [1.807, 2.05) is 13.0 Å². The third-order valence-corrected chi connectivity index (χ3v) is 9.42. The van der Waals surface area contributed by atoms with Gasteiger partial charge in [0, 0.05) is 35.2 Å². The van der Waals surface area contributed by atoms with Crippen LogP contribution in [-0.4, -0.2) is 35.3 Å². The Morgan fingerprint density at radius 3 is 2.46 bits per heavy atom. The predicted octanol–water partition coefficient (Wildman–Crippen LogP) is 7.02. The van der Waals surface area contributed by atoms with Crippen LogP contribution in [0, 0.1) is 11.8 Å². The van der Waals surface area contributed by atoms with Crippen molar-refractivity contribution in [2.45, 2.75) is 73.6 Å². The van der Waals surface area contributed by atoms with Crippen molar-refractivity contribution in [1.29, 1.82) is 0 Å². The van der Waals surface area contributed by atoms with Gasteiger partial charge in [0.1, 0.15) is 0 Å². The third-order valence-electron chi connectivity index (χ3n) is 9.42. The van der Waals surface area contributed by atoms with Gasteiger partial charge in [-0.1, -0.05) is 13.8 Å². The molecule has 6 rings (SSSR count). The van der Waals surface area contributed by atoms with E-state index in [2.05, 4.69) is 45.2 Å². The molecule has 41 heavy (non-hydrogen) atoms. The molecule has 5 aliphatic heterocycles. The second-order valence-electron chi connectivity index (χ2n) is 11.7. The number of rotatable bonds is 4. The number of aliphatic hydroxyl groups is 1. The summed E-state index contributed by atoms with van der Waals surface area (Å²) < 4.78 is 4.99. The molecule has 0 unspecified atom stereocenters. The molecule has 7 nitrogen and oxygen atoms in total. The van der Waals surface area contributed by atoms with Crippen LogP contribution in [0.2, 0.25) is 0 Å². The largest absolute Gasteiger partial charge is 0.512 e. The summed E-state index contributed by atoms with van der Waals surface area (Å²) in [5, 5.41) is 14.5. The molecule has 2 atom stereocenters. The second kappa shape index (κ2) is 10.1. The van der Waals surface area contributed by atoms with E-state index in [-0.39, 0.29) is 23.6 Å². The molecule has 0 spiro atoms. The van der Waals surface area contributed by atoms with Crippen molar-refractivity contribution in [2.75, 3.05) is 7.11 Å². The lowest BCUT2D eigenvalue weighted by Crippen LogP contribution is -2.15. The molecule has 6 aliphatic rings. The first-order valence-corrected chi connectivity index (χ1v) is 14.6. The van der Waals surface area contributed by atoms with E-state index in [4.69, 9.17) is 19.7 Å². The van der Waals surface area contributed by atoms with Crippen molar-refractivity contribution in [2.24, 2.45) is 26.8 Å². The standard InChI is InChI=1S/C34H38N4O3/c1-8-21-16(2)25-13-26-18(4)23(11-12-31(40)41-7)34(37-26)24-10-9-22-17(3)27(38-33(22)24)15-30-32(20(6)39)19(5)28(36-30)14-29(21)35-25/h13-15,18,23,37,39H,8-12H2,1-7H3/b26-13?,27-15?,29-14?,32-20+,34-24?/t18-,23-/m0/s1. The summed E-state index contributed by atoms with van der Waals surface area (Å²) in [6.07, 6.45) is 10.0. The Morgan fingerprint density at radius 2 is 1.76 bits per heavy atom. The summed E-state index contributed by atoms with van der Waals surface area (Å²) >= 11 is 0. The zero-order valence-electron chi connectivity index (χ0n) is 25.0. The summed E-state index contributed by atoms with van der Waals surface area (Å²) in [5.74, 6) is 0.390. The van der Waals surface area contributed by atoms with Gasteiger partial charge in [-0.2, -0.15) is 0 Å². The number of allylic oxidation sites excluding steroid dienone is 13. The lowest BCUT2D eigenvalue weighted by Gasteiger charge is -2.17. The lowest BCUT2D eigenvalue weighted by molar-refractivity contribution is -0.140. The van der Waals surface area contributed by atoms with Crippen LogP contribution < -0.4 is 5.32 Å². The van der Waals surface area contributed by atoms with Crippen LogP contribution >= 0.6 is 0 Å². The van der Waals surface area contributed by atoms with Gasteiger partial charge in [-0.15, -0.1) is 0 Å². The summed E-state index contributed by atoms with van der Waals surface area (Å²) in [7, 11) is 1.45. The molecule has 1 aliphatic carbocycles. The van der Waals surface area contributed by atoms with Crippen LogP contribution in [0.4, 0.5) is 0 Å². The zero-order chi connectivity index (χ0) is 29.2. The number of carbonyl (C=O) groups is 1. The van der Waals surface area contributed by atoms with E-state index < -0.39 is 0 Å². The number of nitrogens with one attached hydrogen (secondary N) is 1. The number of esters is 1. The molecule has 0 amide bonds. The SMILES string of the molecule is CCC1=C(C)C2=NC1=CC1=C(C)/C(=C(/C)O)C(=N1)C=C1N=C3C(=C1C)CCC3=C1NC(=C2)[C@@H](C)[C@@H]1CCC(=O)OC. The fourth-order valence-electron chi connectivity index (χ4n) is 7.03. The first-order chi connectivity index (χ1) is 19.6. The Morgan fingerprint density at radius 1 is 1.00 bits per heavy atom. The van der Waals surface area contributed by atoms with Gasteiger partial charge in [-0.05, 0) is 105 Å². The van der Waals surface area contributed by atoms with Gasteiger partial charge < -0.3 is 15.2 Å². The molecule has 0 aromatic heterocycles. The number of carbonyl (C=O) groups excluding carboxylic acids is 1. The minimum Gasteiger partial charge on any atom is -0.512 e. The number of fused-ring (bicyclic) bond motifs is 5. The topological polar surface area (TPSA) is 95.6 Å². The highest BCUT2D eigenvalue weighted by Crippen LogP contribution is 2.46. The summed E-state index contributed by atoms with van der Waals surface area (Å²) in [6.45, 7) is 12.4. The van der Waals surface area contributed by atoms with Gasteiger partial charge in [0.2, 0.25) is 0 Å². The summed E-state index contributed by atoms with van der Waals surface area (Å²) in [6, 6.07) is 0. The summed E-state index contributed by atoms with van der Waals surface area (Å²) in [4.78, 5) is 27.4. The smallest absolute Gasteiger partial charge is 0.305 e. The molecule has 5 heterocycles. The minimum atomic E-state index is -0.187. The van der Waals surface area contributed by atoms with Gasteiger partial charge in [0.25, 0.3) is 0 Å². The molecule has 8 bridgehead atoms. The Balaban J connectivity index is 1.59. The Bertz CT molecular complexity index is 1640. The van der Waals surface area contributed by atoms with Crippen LogP contribution in [0.1, 0.15) is 73.6 Å². The average Bonchev–Trinajstić information content (AvgIpc) is 3.70. The van der Waals surface area contributed by atoms with Gasteiger partial charge in [-0.25, -0.2) is 15.0 Å². The quantitative estimate of drug-likeness (QED) is 0.290. The highest BCUT2D eigenvalue weighted by Gasteiger charge is 2.40. The van der Waals surface area contributed by atoms with Crippen molar-refractivity contribution in [3.05, 3.63) is 91.5 Å². The first-order valence-electron chi connectivity index (χ1n) is 14.6. The molecule has 0 radical (unpaired) electrons. The molecule has 7 heteroatoms. The van der Waals surface area contributed by atoms with Crippen LogP contribution in [0.3, 0.4) is 0 Å². The molecule has 1 saturated carbocycles. The van der Waals surface area contributed by atoms with E-state index in [1.165, 1.54) is 35.1 Å². The van der Waals surface area contributed by atoms with Crippen molar-refractivity contribution < 1.29 is 14.6 Å². The average molecular weight is 551 g/mol. The number of nitrogens with zero attached hydrogens (tertiary/aromatic N) is 3. The van der Waals surface area contributed by atoms with E-state index in [1.54, 1.807) is 6.92 Å². The number of methoxy groups -OCH3 is 1. The van der Waals surface area contributed by atoms with Gasteiger partial charge >= 0.3 is 5.97 Å². The Labute approximate surface area is 242 Å². The van der Waals surface area contributed by atoms with E-state index in [0.29, 0.717) is 12.8 Å². The number of aliphatic imine (C=N–C) groups is 3. The van der Waals surface area contributed by atoms with Crippen LogP contribution in [0.15, 0.2) is 106 Å². The molecule has 0 aromatic rings. The maximum absolute atomic E-state index is 12.2. The monoisotopic (exact) mass is 550 g/mol. The fraction of sp³-hybridized carbons (Fsp3) is 0.412. The molecular weight excluding hydrogens is 512 g/mol. The van der Waals surface area contributed by atoms with Gasteiger partial charge in [-0.3, -0.25) is 4.79 Å². The number of hydrogen-bond donors (Lipinski definition) is 2. The van der Waals surface area contributed by atoms with Crippen molar-refractivity contribution in [1.82, 2.24) is 5.32 Å². The fourth-order valence-corrected chi connectivity index (χ4v) is 7.03. The number of hydrogen-bond acceptors (Lipinski definition) is 7. The third kappa shape index (κ3) is 4.33. The lowest BCUT2D eigenvalue weighted by atomic mass is 9.86. The normalized spacial score (nSPS) is 26.2. The van der Waals surface area contributed by atoms with Crippen LogP contribution in [-0.2, 0) is 9.53 Å². The van der Waals surface area contributed by atoms with Crippen molar-refractivity contribution in [3.8, 4) is 0 Å². The predicted molar refractivity (Wildman–Crippen MR) is 164 cm³/mol. The first kappa shape index (κ1) is 27.2.